The first-order chi connectivity index (χ1) is 15.0. The molecular weight excluding hydrogens is 410 g/mol. The number of amides is 2. The van der Waals surface area contributed by atoms with Gasteiger partial charge < -0.3 is 9.80 Å². The Balaban J connectivity index is 1.46. The molecule has 4 aromatic rings. The fraction of sp³-hybridized carbons (Fsp3) is 0.261. The summed E-state index contributed by atoms with van der Waals surface area (Å²) >= 11 is 1.38. The molecule has 5 rings (SSSR count). The van der Waals surface area contributed by atoms with Crippen LogP contribution in [0.5, 0.6) is 0 Å². The van der Waals surface area contributed by atoms with Gasteiger partial charge in [-0.15, -0.1) is 11.3 Å². The number of carbonyl (C=O) groups excluding carboxylic acids is 2. The molecule has 0 radical (unpaired) electrons. The van der Waals surface area contributed by atoms with Crippen LogP contribution >= 0.6 is 11.3 Å². The zero-order valence-electron chi connectivity index (χ0n) is 17.3. The molecule has 4 heterocycles. The minimum atomic E-state index is -0.0525. The predicted molar refractivity (Wildman–Crippen MR) is 120 cm³/mol. The van der Waals surface area contributed by atoms with Crippen LogP contribution in [0.15, 0.2) is 48.9 Å². The molecule has 1 aromatic carbocycles. The maximum Gasteiger partial charge on any atom is 0.263 e. The fourth-order valence-electron chi connectivity index (χ4n) is 4.14. The van der Waals surface area contributed by atoms with E-state index in [2.05, 4.69) is 15.0 Å². The average molecular weight is 432 g/mol. The Morgan fingerprint density at radius 1 is 1.13 bits per heavy atom. The van der Waals surface area contributed by atoms with Gasteiger partial charge in [-0.05, 0) is 18.6 Å². The van der Waals surface area contributed by atoms with E-state index in [1.807, 2.05) is 35.2 Å². The van der Waals surface area contributed by atoms with Crippen LogP contribution in [-0.2, 0) is 0 Å². The summed E-state index contributed by atoms with van der Waals surface area (Å²) in [6.45, 7) is 1.17. The third-order valence-electron chi connectivity index (χ3n) is 5.68. The maximum absolute atomic E-state index is 13.2. The fourth-order valence-corrected chi connectivity index (χ4v) is 5.34. The molecule has 8 heteroatoms. The van der Waals surface area contributed by atoms with Crippen molar-refractivity contribution in [3.8, 4) is 0 Å². The Morgan fingerprint density at radius 3 is 2.77 bits per heavy atom. The van der Waals surface area contributed by atoms with Gasteiger partial charge in [0, 0.05) is 62.6 Å². The van der Waals surface area contributed by atoms with E-state index >= 15 is 0 Å². The van der Waals surface area contributed by atoms with Crippen LogP contribution in [-0.4, -0.2) is 63.8 Å². The smallest absolute Gasteiger partial charge is 0.263 e. The Morgan fingerprint density at radius 2 is 1.94 bits per heavy atom. The van der Waals surface area contributed by atoms with Gasteiger partial charge in [0.05, 0.1) is 16.0 Å². The largest absolute Gasteiger partial charge is 0.344 e. The first kappa shape index (κ1) is 19.6. The molecule has 3 aromatic heterocycles. The third-order valence-corrected chi connectivity index (χ3v) is 6.78. The first-order valence-electron chi connectivity index (χ1n) is 10.1. The molecule has 1 aliphatic heterocycles. The quantitative estimate of drug-likeness (QED) is 0.495. The summed E-state index contributed by atoms with van der Waals surface area (Å²) in [7, 11) is 3.49. The molecule has 2 amide bonds. The molecule has 0 N–H and O–H groups in total. The highest BCUT2D eigenvalue weighted by molar-refractivity contribution is 7.20. The van der Waals surface area contributed by atoms with Gasteiger partial charge in [-0.2, -0.15) is 0 Å². The number of para-hydroxylation sites is 1. The lowest BCUT2D eigenvalue weighted by Gasteiger charge is -2.18. The Bertz CT molecular complexity index is 1320. The summed E-state index contributed by atoms with van der Waals surface area (Å²) < 4.78 is 0. The molecule has 1 atom stereocenters. The second kappa shape index (κ2) is 7.70. The number of pyridine rings is 1. The van der Waals surface area contributed by atoms with Crippen molar-refractivity contribution in [1.29, 1.82) is 0 Å². The molecule has 1 unspecified atom stereocenters. The number of likely N-dealkylation sites (tertiary alicyclic amines) is 1. The summed E-state index contributed by atoms with van der Waals surface area (Å²) in [5.41, 5.74) is 3.13. The van der Waals surface area contributed by atoms with Crippen LogP contribution in [0.2, 0.25) is 0 Å². The van der Waals surface area contributed by atoms with E-state index in [1.54, 1.807) is 37.6 Å². The van der Waals surface area contributed by atoms with Crippen molar-refractivity contribution in [1.82, 2.24) is 24.8 Å². The van der Waals surface area contributed by atoms with Crippen LogP contribution < -0.4 is 0 Å². The van der Waals surface area contributed by atoms with Gasteiger partial charge in [-0.25, -0.2) is 4.98 Å². The SMILES string of the molecule is CN(C)C(=O)c1sc2nccnc2c1C1CCN(C(=O)c2cnc3ccccc3c2)C1. The van der Waals surface area contributed by atoms with Gasteiger partial charge in [-0.3, -0.25) is 19.6 Å². The van der Waals surface area contributed by atoms with Crippen LogP contribution in [0, 0.1) is 0 Å². The monoisotopic (exact) mass is 431 g/mol. The lowest BCUT2D eigenvalue weighted by molar-refractivity contribution is 0.0790. The van der Waals surface area contributed by atoms with Crippen molar-refractivity contribution in [2.75, 3.05) is 27.2 Å². The average Bonchev–Trinajstić information content (AvgIpc) is 3.42. The maximum atomic E-state index is 13.2. The molecule has 1 fully saturated rings. The number of thiophene rings is 1. The molecule has 0 aliphatic carbocycles. The predicted octanol–water partition coefficient (Wildman–Crippen LogP) is 3.57. The number of benzene rings is 1. The number of hydrogen-bond donors (Lipinski definition) is 0. The number of hydrogen-bond acceptors (Lipinski definition) is 6. The lowest BCUT2D eigenvalue weighted by Crippen LogP contribution is -2.29. The van der Waals surface area contributed by atoms with Crippen LogP contribution in [0.25, 0.3) is 21.3 Å². The van der Waals surface area contributed by atoms with Crippen molar-refractivity contribution in [3.05, 3.63) is 64.9 Å². The molecule has 0 spiro atoms. The normalized spacial score (nSPS) is 16.2. The highest BCUT2D eigenvalue weighted by Gasteiger charge is 2.34. The van der Waals surface area contributed by atoms with Gasteiger partial charge in [-0.1, -0.05) is 18.2 Å². The zero-order valence-corrected chi connectivity index (χ0v) is 18.1. The van der Waals surface area contributed by atoms with Crippen molar-refractivity contribution < 1.29 is 9.59 Å². The van der Waals surface area contributed by atoms with Gasteiger partial charge in [0.1, 0.15) is 10.3 Å². The number of fused-ring (bicyclic) bond motifs is 2. The number of rotatable bonds is 3. The molecule has 0 bridgehead atoms. The molecule has 0 saturated carbocycles. The van der Waals surface area contributed by atoms with Gasteiger partial charge in [0.15, 0.2) is 0 Å². The van der Waals surface area contributed by atoms with Crippen LogP contribution in [0.4, 0.5) is 0 Å². The summed E-state index contributed by atoms with van der Waals surface area (Å²) in [5.74, 6) is -0.0446. The van der Waals surface area contributed by atoms with Crippen LogP contribution in [0.1, 0.15) is 37.9 Å². The van der Waals surface area contributed by atoms with Gasteiger partial charge in [0.25, 0.3) is 11.8 Å². The van der Waals surface area contributed by atoms with E-state index < -0.39 is 0 Å². The Labute approximate surface area is 183 Å². The van der Waals surface area contributed by atoms with Crippen molar-refractivity contribution >= 4 is 44.4 Å². The van der Waals surface area contributed by atoms with Crippen molar-refractivity contribution in [2.24, 2.45) is 0 Å². The molecular formula is C23H21N5O2S. The summed E-state index contributed by atoms with van der Waals surface area (Å²) in [4.78, 5) is 44.2. The molecule has 31 heavy (non-hydrogen) atoms. The van der Waals surface area contributed by atoms with Gasteiger partial charge >= 0.3 is 0 Å². The summed E-state index contributed by atoms with van der Waals surface area (Å²) in [6.07, 6.45) is 5.72. The summed E-state index contributed by atoms with van der Waals surface area (Å²) in [6, 6.07) is 9.66. The number of carbonyl (C=O) groups is 2. The van der Waals surface area contributed by atoms with E-state index in [9.17, 15) is 9.59 Å². The third kappa shape index (κ3) is 3.42. The first-order valence-corrected chi connectivity index (χ1v) is 10.9. The van der Waals surface area contributed by atoms with Crippen LogP contribution in [0.3, 0.4) is 0 Å². The summed E-state index contributed by atoms with van der Waals surface area (Å²) in [5, 5.41) is 0.946. The number of aromatic nitrogens is 3. The second-order valence-corrected chi connectivity index (χ2v) is 8.91. The molecule has 1 aliphatic rings. The van der Waals surface area contributed by atoms with E-state index in [-0.39, 0.29) is 17.7 Å². The van der Waals surface area contributed by atoms with E-state index in [4.69, 9.17) is 0 Å². The minimum Gasteiger partial charge on any atom is -0.344 e. The Kier molecular flexibility index (Phi) is 4.86. The van der Waals surface area contributed by atoms with Crippen molar-refractivity contribution in [3.63, 3.8) is 0 Å². The van der Waals surface area contributed by atoms with E-state index in [1.165, 1.54) is 11.3 Å². The topological polar surface area (TPSA) is 79.3 Å². The molecule has 7 nitrogen and oxygen atoms in total. The zero-order chi connectivity index (χ0) is 21.5. The highest BCUT2D eigenvalue weighted by atomic mass is 32.1. The van der Waals surface area contributed by atoms with Crippen molar-refractivity contribution in [2.45, 2.75) is 12.3 Å². The molecule has 156 valence electrons. The minimum absolute atomic E-state index is 0.0353. The highest BCUT2D eigenvalue weighted by Crippen LogP contribution is 2.39. The lowest BCUT2D eigenvalue weighted by atomic mass is 9.97. The van der Waals surface area contributed by atoms with Gasteiger partial charge in [0.2, 0.25) is 0 Å². The van der Waals surface area contributed by atoms with E-state index in [0.717, 1.165) is 33.2 Å². The second-order valence-electron chi connectivity index (χ2n) is 7.91. The standard InChI is InChI=1S/C23H21N5O2S/c1-27(2)23(30)20-18(19-21(31-20)25-9-8-24-19)15-7-10-28(13-15)22(29)16-11-14-5-3-4-6-17(14)26-12-16/h3-6,8-9,11-12,15H,7,10,13H2,1-2H3. The number of nitrogens with zero attached hydrogens (tertiary/aromatic N) is 5. The van der Waals surface area contributed by atoms with E-state index in [0.29, 0.717) is 23.5 Å². The molecule has 1 saturated heterocycles. The Hall–Kier alpha value is -3.39.